The molecule has 1 atom stereocenters. The average molecular weight is 413 g/mol. The number of halogens is 1. The number of nitrogens with zero attached hydrogens (tertiary/aromatic N) is 3. The summed E-state index contributed by atoms with van der Waals surface area (Å²) in [6, 6.07) is 17.1. The molecular weight excluding hydrogens is 392 g/mol. The number of amides is 2. The van der Waals surface area contributed by atoms with Crippen molar-refractivity contribution in [1.29, 1.82) is 5.26 Å². The highest BCUT2D eigenvalue weighted by atomic mass is 35.5. The largest absolute Gasteiger partial charge is 0.342 e. The molecule has 144 valence electrons. The van der Waals surface area contributed by atoms with Gasteiger partial charge in [0, 0.05) is 27.9 Å². The number of nitriles is 1. The number of carbonyl (C=O) groups is 1. The standard InChI is InChI=1S/C21H21ClN4OS/c1-28-19-11-9-18(10-12-19)24-21(27)26-14-16(4-2-3-13-23)20(25-26)15-5-7-17(22)8-6-15/h5-12,16H,2-4,14H2,1H3,(H,24,27). The molecule has 28 heavy (non-hydrogen) atoms. The number of benzene rings is 2. The van der Waals surface area contributed by atoms with Crippen molar-refractivity contribution in [3.63, 3.8) is 0 Å². The lowest BCUT2D eigenvalue weighted by Gasteiger charge is -2.15. The number of thioether (sulfide) groups is 1. The first kappa shape index (κ1) is 20.2. The van der Waals surface area contributed by atoms with Gasteiger partial charge in [-0.1, -0.05) is 23.7 Å². The van der Waals surface area contributed by atoms with E-state index in [9.17, 15) is 4.79 Å². The third-order valence-electron chi connectivity index (χ3n) is 4.57. The Morgan fingerprint density at radius 2 is 2.00 bits per heavy atom. The molecule has 3 rings (SSSR count). The highest BCUT2D eigenvalue weighted by Crippen LogP contribution is 2.26. The Kier molecular flexibility index (Phi) is 6.96. The molecule has 1 aliphatic heterocycles. The monoisotopic (exact) mass is 412 g/mol. The molecule has 0 saturated carbocycles. The van der Waals surface area contributed by atoms with E-state index in [1.807, 2.05) is 54.8 Å². The van der Waals surface area contributed by atoms with Crippen molar-refractivity contribution in [2.75, 3.05) is 18.1 Å². The molecule has 0 aliphatic carbocycles. The molecule has 0 fully saturated rings. The fraction of sp³-hybridized carbons (Fsp3) is 0.286. The van der Waals surface area contributed by atoms with Crippen LogP contribution in [0, 0.1) is 17.2 Å². The first-order valence-electron chi connectivity index (χ1n) is 9.04. The normalized spacial score (nSPS) is 15.8. The zero-order chi connectivity index (χ0) is 19.9. The van der Waals surface area contributed by atoms with E-state index >= 15 is 0 Å². The number of hydrazone groups is 1. The van der Waals surface area contributed by atoms with Crippen LogP contribution in [0.3, 0.4) is 0 Å². The van der Waals surface area contributed by atoms with Crippen LogP contribution in [0.4, 0.5) is 10.5 Å². The topological polar surface area (TPSA) is 68.5 Å². The predicted molar refractivity (Wildman–Crippen MR) is 115 cm³/mol. The van der Waals surface area contributed by atoms with Gasteiger partial charge in [-0.3, -0.25) is 0 Å². The van der Waals surface area contributed by atoms with Gasteiger partial charge in [0.05, 0.1) is 18.3 Å². The number of hydrogen-bond acceptors (Lipinski definition) is 4. The Balaban J connectivity index is 1.75. The number of anilines is 1. The SMILES string of the molecule is CSc1ccc(NC(=O)N2CC(CCCC#N)C(c3ccc(Cl)cc3)=N2)cc1. The minimum absolute atomic E-state index is 0.0964. The predicted octanol–water partition coefficient (Wildman–Crippen LogP) is 5.62. The molecule has 7 heteroatoms. The highest BCUT2D eigenvalue weighted by molar-refractivity contribution is 7.98. The second-order valence-electron chi connectivity index (χ2n) is 6.48. The van der Waals surface area contributed by atoms with Gasteiger partial charge in [0.2, 0.25) is 0 Å². The van der Waals surface area contributed by atoms with Crippen molar-refractivity contribution < 1.29 is 4.79 Å². The van der Waals surface area contributed by atoms with Gasteiger partial charge in [0.1, 0.15) is 0 Å². The smallest absolute Gasteiger partial charge is 0.306 e. The molecule has 1 N–H and O–H groups in total. The van der Waals surface area contributed by atoms with E-state index in [0.717, 1.165) is 34.7 Å². The Bertz CT molecular complexity index is 890. The molecule has 1 aliphatic rings. The van der Waals surface area contributed by atoms with Crippen LogP contribution in [-0.4, -0.2) is 29.6 Å². The maximum atomic E-state index is 12.7. The molecule has 1 unspecified atom stereocenters. The fourth-order valence-electron chi connectivity index (χ4n) is 3.11. The van der Waals surface area contributed by atoms with Gasteiger partial charge < -0.3 is 5.32 Å². The maximum Gasteiger partial charge on any atom is 0.342 e. The summed E-state index contributed by atoms with van der Waals surface area (Å²) in [6.45, 7) is 0.498. The van der Waals surface area contributed by atoms with Crippen LogP contribution in [0.25, 0.3) is 0 Å². The van der Waals surface area contributed by atoms with Gasteiger partial charge in [-0.25, -0.2) is 9.80 Å². The average Bonchev–Trinajstić information content (AvgIpc) is 3.14. The molecule has 2 aromatic carbocycles. The zero-order valence-electron chi connectivity index (χ0n) is 15.6. The number of urea groups is 1. The van der Waals surface area contributed by atoms with E-state index in [2.05, 4.69) is 16.5 Å². The van der Waals surface area contributed by atoms with E-state index in [1.165, 1.54) is 5.01 Å². The van der Waals surface area contributed by atoms with Crippen molar-refractivity contribution in [2.45, 2.75) is 24.2 Å². The van der Waals surface area contributed by atoms with Crippen molar-refractivity contribution in [2.24, 2.45) is 11.0 Å². The number of hydrogen-bond donors (Lipinski definition) is 1. The van der Waals surface area contributed by atoms with Crippen LogP contribution in [-0.2, 0) is 0 Å². The van der Waals surface area contributed by atoms with E-state index in [0.29, 0.717) is 18.0 Å². The minimum Gasteiger partial charge on any atom is -0.306 e. The molecule has 0 bridgehead atoms. The lowest BCUT2D eigenvalue weighted by Crippen LogP contribution is -2.30. The van der Waals surface area contributed by atoms with E-state index in [-0.39, 0.29) is 11.9 Å². The van der Waals surface area contributed by atoms with Crippen LogP contribution < -0.4 is 5.32 Å². The molecule has 2 amide bonds. The summed E-state index contributed by atoms with van der Waals surface area (Å²) in [5, 5.41) is 18.4. The van der Waals surface area contributed by atoms with Crippen molar-refractivity contribution in [1.82, 2.24) is 5.01 Å². The van der Waals surface area contributed by atoms with Gasteiger partial charge in [0.15, 0.2) is 0 Å². The van der Waals surface area contributed by atoms with E-state index < -0.39 is 0 Å². The lowest BCUT2D eigenvalue weighted by atomic mass is 9.93. The van der Waals surface area contributed by atoms with Gasteiger partial charge >= 0.3 is 6.03 Å². The minimum atomic E-state index is -0.258. The maximum absolute atomic E-state index is 12.7. The molecule has 0 aromatic heterocycles. The van der Waals surface area contributed by atoms with E-state index in [1.54, 1.807) is 11.8 Å². The third kappa shape index (κ3) is 5.06. The molecule has 0 spiro atoms. The van der Waals surface area contributed by atoms with Crippen molar-refractivity contribution in [3.8, 4) is 6.07 Å². The molecule has 5 nitrogen and oxygen atoms in total. The Labute approximate surface area is 174 Å². The second kappa shape index (κ2) is 9.63. The highest BCUT2D eigenvalue weighted by Gasteiger charge is 2.30. The summed E-state index contributed by atoms with van der Waals surface area (Å²) in [5.74, 6) is 0.0964. The van der Waals surface area contributed by atoms with Crippen LogP contribution in [0.2, 0.25) is 5.02 Å². The summed E-state index contributed by atoms with van der Waals surface area (Å²) in [6.07, 6.45) is 4.09. The first-order valence-corrected chi connectivity index (χ1v) is 10.6. The zero-order valence-corrected chi connectivity index (χ0v) is 17.1. The molecule has 0 radical (unpaired) electrons. The number of unbranched alkanes of at least 4 members (excludes halogenated alkanes) is 1. The van der Waals surface area contributed by atoms with E-state index in [4.69, 9.17) is 16.9 Å². The van der Waals surface area contributed by atoms with Gasteiger partial charge in [-0.05, 0) is 61.1 Å². The summed E-state index contributed by atoms with van der Waals surface area (Å²) in [5.41, 5.74) is 2.55. The Morgan fingerprint density at radius 1 is 1.29 bits per heavy atom. The molecule has 2 aromatic rings. The quantitative estimate of drug-likeness (QED) is 0.494. The number of nitrogens with one attached hydrogen (secondary N) is 1. The summed E-state index contributed by atoms with van der Waals surface area (Å²) < 4.78 is 0. The van der Waals surface area contributed by atoms with Crippen LogP contribution in [0.15, 0.2) is 58.5 Å². The number of rotatable bonds is 6. The van der Waals surface area contributed by atoms with Crippen LogP contribution >= 0.6 is 23.4 Å². The summed E-state index contributed by atoms with van der Waals surface area (Å²) in [7, 11) is 0. The second-order valence-corrected chi connectivity index (χ2v) is 7.80. The third-order valence-corrected chi connectivity index (χ3v) is 5.56. The Hall–Kier alpha value is -2.49. The fourth-order valence-corrected chi connectivity index (χ4v) is 3.64. The lowest BCUT2D eigenvalue weighted by molar-refractivity contribution is 0.215. The summed E-state index contributed by atoms with van der Waals surface area (Å²) in [4.78, 5) is 13.8. The molecule has 1 heterocycles. The van der Waals surface area contributed by atoms with Gasteiger partial charge in [-0.2, -0.15) is 10.4 Å². The van der Waals surface area contributed by atoms with Crippen molar-refractivity contribution >= 4 is 40.8 Å². The Morgan fingerprint density at radius 3 is 2.64 bits per heavy atom. The van der Waals surface area contributed by atoms with Gasteiger partial charge in [0.25, 0.3) is 0 Å². The van der Waals surface area contributed by atoms with Crippen LogP contribution in [0.1, 0.15) is 24.8 Å². The van der Waals surface area contributed by atoms with Crippen LogP contribution in [0.5, 0.6) is 0 Å². The number of carbonyl (C=O) groups excluding carboxylic acids is 1. The first-order chi connectivity index (χ1) is 13.6. The molecular formula is C21H21ClN4OS. The van der Waals surface area contributed by atoms with Gasteiger partial charge in [-0.15, -0.1) is 11.8 Å². The van der Waals surface area contributed by atoms with Crippen molar-refractivity contribution in [3.05, 3.63) is 59.1 Å². The molecule has 0 saturated heterocycles. The summed E-state index contributed by atoms with van der Waals surface area (Å²) >= 11 is 7.65.